The molecular formula is C18H21NO5. The van der Waals surface area contributed by atoms with Gasteiger partial charge in [0.25, 0.3) is 0 Å². The summed E-state index contributed by atoms with van der Waals surface area (Å²) in [6.45, 7) is 4.52. The fraction of sp³-hybridized carbons (Fsp3) is 0.444. The Morgan fingerprint density at radius 3 is 2.46 bits per heavy atom. The first kappa shape index (κ1) is 16.5. The van der Waals surface area contributed by atoms with Gasteiger partial charge in [0.15, 0.2) is 5.60 Å². The number of likely N-dealkylation sites (tertiary alicyclic amines) is 1. The maximum Gasteiger partial charge on any atom is 0.335 e. The van der Waals surface area contributed by atoms with Gasteiger partial charge in [0.2, 0.25) is 5.91 Å². The van der Waals surface area contributed by atoms with Crippen molar-refractivity contribution in [2.24, 2.45) is 0 Å². The number of carboxylic acid groups (broad SMARTS) is 1. The molecular weight excluding hydrogens is 310 g/mol. The number of aliphatic carboxylic acids is 1. The van der Waals surface area contributed by atoms with Crippen LogP contribution in [-0.2, 0) is 16.0 Å². The molecule has 0 saturated carbocycles. The van der Waals surface area contributed by atoms with E-state index in [0.717, 1.165) is 27.7 Å². The maximum absolute atomic E-state index is 12.5. The van der Waals surface area contributed by atoms with Crippen LogP contribution in [-0.4, -0.2) is 45.7 Å². The average Bonchev–Trinajstić information content (AvgIpc) is 2.90. The second kappa shape index (κ2) is 5.94. The Morgan fingerprint density at radius 2 is 1.83 bits per heavy atom. The molecule has 1 saturated heterocycles. The number of amides is 1. The summed E-state index contributed by atoms with van der Waals surface area (Å²) in [6, 6.07) is 3.99. The van der Waals surface area contributed by atoms with Gasteiger partial charge >= 0.3 is 5.97 Å². The Bertz CT molecular complexity index is 799. The summed E-state index contributed by atoms with van der Waals surface area (Å²) in [7, 11) is 0. The number of carbonyl (C=O) groups excluding carboxylic acids is 1. The van der Waals surface area contributed by atoms with E-state index in [1.54, 1.807) is 11.2 Å². The van der Waals surface area contributed by atoms with Crippen LogP contribution in [0.4, 0.5) is 0 Å². The number of carbonyl (C=O) groups is 2. The van der Waals surface area contributed by atoms with Crippen LogP contribution in [0.2, 0.25) is 0 Å². The van der Waals surface area contributed by atoms with E-state index in [-0.39, 0.29) is 38.3 Å². The van der Waals surface area contributed by atoms with Crippen LogP contribution in [0.15, 0.2) is 22.8 Å². The van der Waals surface area contributed by atoms with Crippen LogP contribution >= 0.6 is 0 Å². The first-order chi connectivity index (χ1) is 11.3. The highest BCUT2D eigenvalue weighted by Crippen LogP contribution is 2.27. The molecule has 1 aromatic heterocycles. The number of benzene rings is 1. The third-order valence-corrected chi connectivity index (χ3v) is 4.95. The van der Waals surface area contributed by atoms with Crippen LogP contribution < -0.4 is 0 Å². The van der Waals surface area contributed by atoms with Gasteiger partial charge in [-0.05, 0) is 37.1 Å². The predicted octanol–water partition coefficient (Wildman–Crippen LogP) is 2.03. The van der Waals surface area contributed by atoms with E-state index >= 15 is 0 Å². The van der Waals surface area contributed by atoms with Crippen LogP contribution in [0.3, 0.4) is 0 Å². The lowest BCUT2D eigenvalue weighted by molar-refractivity contribution is -0.165. The molecule has 24 heavy (non-hydrogen) atoms. The normalized spacial score (nSPS) is 17.2. The fourth-order valence-electron chi connectivity index (χ4n) is 3.09. The summed E-state index contributed by atoms with van der Waals surface area (Å²) in [6.07, 6.45) is 1.93. The third kappa shape index (κ3) is 2.89. The molecule has 0 bridgehead atoms. The monoisotopic (exact) mass is 331 g/mol. The number of furan rings is 1. The van der Waals surface area contributed by atoms with Gasteiger partial charge in [-0.15, -0.1) is 0 Å². The number of rotatable bonds is 3. The molecule has 0 atom stereocenters. The molecule has 1 amide bonds. The molecule has 1 aliphatic rings. The molecule has 6 heteroatoms. The standard InChI is InChI=1S/C18H21NO5/c1-11-7-14-13(10-24-15(14)8-12(11)2)9-16(20)19-5-3-18(23,4-6-19)17(21)22/h7-8,10,23H,3-6,9H2,1-2H3,(H,21,22). The lowest BCUT2D eigenvalue weighted by atomic mass is 9.91. The van der Waals surface area contributed by atoms with Crippen molar-refractivity contribution in [2.45, 2.75) is 38.7 Å². The lowest BCUT2D eigenvalue weighted by Crippen LogP contribution is -2.51. The Labute approximate surface area is 139 Å². The van der Waals surface area contributed by atoms with Gasteiger partial charge in [0.05, 0.1) is 12.7 Å². The van der Waals surface area contributed by atoms with Crippen molar-refractivity contribution in [3.63, 3.8) is 0 Å². The van der Waals surface area contributed by atoms with Crippen LogP contribution in [0.5, 0.6) is 0 Å². The number of piperidine rings is 1. The number of carboxylic acids is 1. The van der Waals surface area contributed by atoms with Crippen molar-refractivity contribution in [3.8, 4) is 0 Å². The van der Waals surface area contributed by atoms with E-state index in [1.165, 1.54) is 0 Å². The van der Waals surface area contributed by atoms with E-state index in [1.807, 2.05) is 26.0 Å². The minimum Gasteiger partial charge on any atom is -0.479 e. The van der Waals surface area contributed by atoms with Crippen LogP contribution in [0.1, 0.15) is 29.5 Å². The summed E-state index contributed by atoms with van der Waals surface area (Å²) < 4.78 is 5.55. The summed E-state index contributed by atoms with van der Waals surface area (Å²) >= 11 is 0. The first-order valence-electron chi connectivity index (χ1n) is 8.01. The van der Waals surface area contributed by atoms with Crippen molar-refractivity contribution in [1.82, 2.24) is 4.90 Å². The van der Waals surface area contributed by atoms with Gasteiger partial charge in [0.1, 0.15) is 5.58 Å². The topological polar surface area (TPSA) is 91.0 Å². The lowest BCUT2D eigenvalue weighted by Gasteiger charge is -2.35. The van der Waals surface area contributed by atoms with Gasteiger partial charge in [-0.1, -0.05) is 0 Å². The zero-order valence-corrected chi connectivity index (χ0v) is 13.8. The highest BCUT2D eigenvalue weighted by molar-refractivity contribution is 5.88. The molecule has 1 aliphatic heterocycles. The zero-order valence-electron chi connectivity index (χ0n) is 13.8. The van der Waals surface area contributed by atoms with Crippen LogP contribution in [0, 0.1) is 13.8 Å². The van der Waals surface area contributed by atoms with E-state index in [0.29, 0.717) is 0 Å². The van der Waals surface area contributed by atoms with Crippen molar-refractivity contribution in [2.75, 3.05) is 13.1 Å². The highest BCUT2D eigenvalue weighted by Gasteiger charge is 2.40. The van der Waals surface area contributed by atoms with E-state index in [2.05, 4.69) is 0 Å². The summed E-state index contributed by atoms with van der Waals surface area (Å²) in [5, 5.41) is 19.9. The molecule has 0 aliphatic carbocycles. The minimum atomic E-state index is -1.71. The molecule has 3 rings (SSSR count). The van der Waals surface area contributed by atoms with Crippen molar-refractivity contribution < 1.29 is 24.2 Å². The van der Waals surface area contributed by atoms with E-state index < -0.39 is 11.6 Å². The van der Waals surface area contributed by atoms with Gasteiger partial charge in [0, 0.05) is 36.9 Å². The molecule has 0 spiro atoms. The predicted molar refractivity (Wildman–Crippen MR) is 87.8 cm³/mol. The number of hydrogen-bond acceptors (Lipinski definition) is 4. The van der Waals surface area contributed by atoms with Crippen LogP contribution in [0.25, 0.3) is 11.0 Å². The number of nitrogens with zero attached hydrogens (tertiary/aromatic N) is 1. The maximum atomic E-state index is 12.5. The molecule has 2 aromatic rings. The number of aliphatic hydroxyl groups is 1. The quantitative estimate of drug-likeness (QED) is 0.898. The van der Waals surface area contributed by atoms with Crippen molar-refractivity contribution >= 4 is 22.8 Å². The van der Waals surface area contributed by atoms with Gasteiger partial charge in [-0.3, -0.25) is 4.79 Å². The third-order valence-electron chi connectivity index (χ3n) is 4.95. The Kier molecular flexibility index (Phi) is 4.09. The Morgan fingerprint density at radius 1 is 1.21 bits per heavy atom. The number of fused-ring (bicyclic) bond motifs is 1. The number of aryl methyl sites for hydroxylation is 2. The Balaban J connectivity index is 1.72. The summed E-state index contributed by atoms with van der Waals surface area (Å²) in [5.74, 6) is -1.30. The minimum absolute atomic E-state index is 0.0541. The van der Waals surface area contributed by atoms with Gasteiger partial charge in [-0.25, -0.2) is 4.79 Å². The summed E-state index contributed by atoms with van der Waals surface area (Å²) in [5.41, 5.74) is 2.16. The molecule has 128 valence electrons. The second-order valence-electron chi connectivity index (χ2n) is 6.59. The summed E-state index contributed by atoms with van der Waals surface area (Å²) in [4.78, 5) is 25.2. The largest absolute Gasteiger partial charge is 0.479 e. The van der Waals surface area contributed by atoms with Gasteiger partial charge < -0.3 is 19.5 Å². The van der Waals surface area contributed by atoms with Crippen molar-refractivity contribution in [1.29, 1.82) is 0 Å². The highest BCUT2D eigenvalue weighted by atomic mass is 16.4. The molecule has 2 heterocycles. The molecule has 6 nitrogen and oxygen atoms in total. The smallest absolute Gasteiger partial charge is 0.335 e. The van der Waals surface area contributed by atoms with Gasteiger partial charge in [-0.2, -0.15) is 0 Å². The zero-order chi connectivity index (χ0) is 17.5. The molecule has 2 N–H and O–H groups in total. The Hall–Kier alpha value is -2.34. The van der Waals surface area contributed by atoms with E-state index in [9.17, 15) is 14.7 Å². The molecule has 0 radical (unpaired) electrons. The second-order valence-corrected chi connectivity index (χ2v) is 6.59. The average molecular weight is 331 g/mol. The van der Waals surface area contributed by atoms with Crippen molar-refractivity contribution in [3.05, 3.63) is 35.1 Å². The van der Waals surface area contributed by atoms with E-state index in [4.69, 9.17) is 9.52 Å². The SMILES string of the molecule is Cc1cc2occ(CC(=O)N3CCC(O)(C(=O)O)CC3)c2cc1C. The molecule has 0 unspecified atom stereocenters. The molecule has 1 fully saturated rings. The first-order valence-corrected chi connectivity index (χ1v) is 8.01. The number of hydrogen-bond donors (Lipinski definition) is 2. The fourth-order valence-corrected chi connectivity index (χ4v) is 3.09. The molecule has 1 aromatic carbocycles.